The van der Waals surface area contributed by atoms with E-state index in [-0.39, 0.29) is 11.8 Å². The van der Waals surface area contributed by atoms with Gasteiger partial charge in [0.2, 0.25) is 5.88 Å². The van der Waals surface area contributed by atoms with Crippen molar-refractivity contribution in [3.05, 3.63) is 12.0 Å². The maximum Gasteiger partial charge on any atom is 0.417 e. The van der Waals surface area contributed by atoms with Crippen LogP contribution in [0.1, 0.15) is 34.1 Å². The Bertz CT molecular complexity index is 475. The van der Waals surface area contributed by atoms with Crippen LogP contribution < -0.4 is 0 Å². The van der Waals surface area contributed by atoms with Crippen molar-refractivity contribution < 1.29 is 22.1 Å². The molecule has 0 fully saturated rings. The number of allylic oxidation sites excluding steroid dienone is 1. The van der Waals surface area contributed by atoms with Gasteiger partial charge in [0.05, 0.1) is 6.26 Å². The van der Waals surface area contributed by atoms with E-state index in [0.717, 1.165) is 6.26 Å². The van der Waals surface area contributed by atoms with E-state index in [1.165, 1.54) is 4.90 Å². The fraction of sp³-hybridized carbons (Fsp3) is 0.750. The second-order valence-corrected chi connectivity index (χ2v) is 7.34. The van der Waals surface area contributed by atoms with E-state index in [9.17, 15) is 13.2 Å². The van der Waals surface area contributed by atoms with Crippen LogP contribution in [0.25, 0.3) is 0 Å². The minimum absolute atomic E-state index is 0.0230. The van der Waals surface area contributed by atoms with Crippen molar-refractivity contribution in [3.63, 3.8) is 0 Å². The molecule has 0 aromatic rings. The Morgan fingerprint density at radius 1 is 1.42 bits per heavy atom. The quantitative estimate of drug-likeness (QED) is 0.728. The Labute approximate surface area is 114 Å². The third-order valence-electron chi connectivity index (χ3n) is 2.31. The first-order valence-corrected chi connectivity index (χ1v) is 7.90. The molecule has 1 amide bonds. The molecule has 1 aliphatic rings. The molecule has 0 aromatic heterocycles. The van der Waals surface area contributed by atoms with Crippen molar-refractivity contribution in [2.24, 2.45) is 5.92 Å². The Hall–Kier alpha value is -1.24. The SMILES string of the molecule is C[C@H]1CC=C(OS(C)(=O)=O)N(C(=O)OC(C)(C)C)C1. The summed E-state index contributed by atoms with van der Waals surface area (Å²) in [4.78, 5) is 13.3. The molecule has 0 saturated carbocycles. The highest BCUT2D eigenvalue weighted by atomic mass is 32.2. The molecule has 0 saturated heterocycles. The largest absolute Gasteiger partial charge is 0.443 e. The van der Waals surface area contributed by atoms with Crippen LogP contribution in [0.4, 0.5) is 4.79 Å². The molecule has 0 N–H and O–H groups in total. The van der Waals surface area contributed by atoms with Crippen molar-refractivity contribution in [2.45, 2.75) is 39.7 Å². The molecular formula is C12H21NO5S. The number of hydrogen-bond donors (Lipinski definition) is 0. The minimum Gasteiger partial charge on any atom is -0.443 e. The van der Waals surface area contributed by atoms with Crippen LogP contribution in [0.15, 0.2) is 12.0 Å². The molecule has 1 aliphatic heterocycles. The molecule has 6 nitrogen and oxygen atoms in total. The van der Waals surface area contributed by atoms with Gasteiger partial charge in [0.25, 0.3) is 0 Å². The zero-order chi connectivity index (χ0) is 14.8. The zero-order valence-corrected chi connectivity index (χ0v) is 12.8. The van der Waals surface area contributed by atoms with E-state index in [4.69, 9.17) is 8.92 Å². The summed E-state index contributed by atoms with van der Waals surface area (Å²) in [7, 11) is -3.67. The van der Waals surface area contributed by atoms with Crippen LogP contribution in [-0.4, -0.2) is 37.8 Å². The summed E-state index contributed by atoms with van der Waals surface area (Å²) in [5.41, 5.74) is -0.645. The molecule has 1 atom stereocenters. The van der Waals surface area contributed by atoms with E-state index in [2.05, 4.69) is 0 Å². The fourth-order valence-electron chi connectivity index (χ4n) is 1.60. The lowest BCUT2D eigenvalue weighted by Crippen LogP contribution is -2.41. The molecule has 0 aliphatic carbocycles. The number of hydrogen-bond acceptors (Lipinski definition) is 5. The number of carbonyl (C=O) groups excluding carboxylic acids is 1. The Balaban J connectivity index is 2.91. The molecule has 1 heterocycles. The maximum absolute atomic E-state index is 12.0. The highest BCUT2D eigenvalue weighted by Gasteiger charge is 2.31. The Morgan fingerprint density at radius 3 is 2.47 bits per heavy atom. The first-order chi connectivity index (χ1) is 8.48. The van der Waals surface area contributed by atoms with Gasteiger partial charge in [-0.1, -0.05) is 6.92 Å². The van der Waals surface area contributed by atoms with Crippen LogP contribution in [0, 0.1) is 5.92 Å². The molecule has 110 valence electrons. The van der Waals surface area contributed by atoms with Crippen LogP contribution >= 0.6 is 0 Å². The molecule has 0 radical (unpaired) electrons. The van der Waals surface area contributed by atoms with Gasteiger partial charge in [0.1, 0.15) is 5.60 Å². The monoisotopic (exact) mass is 291 g/mol. The van der Waals surface area contributed by atoms with Gasteiger partial charge in [0, 0.05) is 6.54 Å². The molecule has 19 heavy (non-hydrogen) atoms. The van der Waals surface area contributed by atoms with E-state index >= 15 is 0 Å². The van der Waals surface area contributed by atoms with Crippen molar-refractivity contribution >= 4 is 16.2 Å². The van der Waals surface area contributed by atoms with Crippen molar-refractivity contribution in [1.29, 1.82) is 0 Å². The second kappa shape index (κ2) is 5.40. The highest BCUT2D eigenvalue weighted by Crippen LogP contribution is 2.24. The normalized spacial score (nSPS) is 20.8. The summed E-state index contributed by atoms with van der Waals surface area (Å²) in [6, 6.07) is 0. The van der Waals surface area contributed by atoms with Gasteiger partial charge in [-0.2, -0.15) is 8.42 Å². The molecule has 0 bridgehead atoms. The third kappa shape index (κ3) is 5.50. The summed E-state index contributed by atoms with van der Waals surface area (Å²) >= 11 is 0. The maximum atomic E-state index is 12.0. The molecule has 0 aromatic carbocycles. The zero-order valence-electron chi connectivity index (χ0n) is 12.0. The summed E-state index contributed by atoms with van der Waals surface area (Å²) < 4.78 is 32.5. The smallest absolute Gasteiger partial charge is 0.417 e. The Kier molecular flexibility index (Phi) is 4.50. The van der Waals surface area contributed by atoms with Gasteiger partial charge in [-0.15, -0.1) is 0 Å². The lowest BCUT2D eigenvalue weighted by Gasteiger charge is -2.32. The fourth-order valence-corrected chi connectivity index (χ4v) is 2.07. The molecule has 0 unspecified atom stereocenters. The lowest BCUT2D eigenvalue weighted by molar-refractivity contribution is 0.0200. The minimum atomic E-state index is -3.67. The first-order valence-electron chi connectivity index (χ1n) is 6.08. The van der Waals surface area contributed by atoms with Crippen LogP contribution in [0.2, 0.25) is 0 Å². The highest BCUT2D eigenvalue weighted by molar-refractivity contribution is 7.86. The lowest BCUT2D eigenvalue weighted by atomic mass is 10.0. The van der Waals surface area contributed by atoms with Gasteiger partial charge < -0.3 is 8.92 Å². The standard InChI is InChI=1S/C12H21NO5S/c1-9-6-7-10(18-19(5,15)16)13(8-9)11(14)17-12(2,3)4/h7,9H,6,8H2,1-5H3/t9-/m0/s1. The summed E-state index contributed by atoms with van der Waals surface area (Å²) in [5, 5.41) is 0. The van der Waals surface area contributed by atoms with E-state index in [0.29, 0.717) is 13.0 Å². The topological polar surface area (TPSA) is 72.9 Å². The predicted molar refractivity (Wildman–Crippen MR) is 70.7 cm³/mol. The van der Waals surface area contributed by atoms with Gasteiger partial charge in [-0.05, 0) is 39.2 Å². The first kappa shape index (κ1) is 15.8. The van der Waals surface area contributed by atoms with Gasteiger partial charge in [-0.3, -0.25) is 0 Å². The number of ether oxygens (including phenoxy) is 1. The summed E-state index contributed by atoms with van der Waals surface area (Å²) in [6.07, 6.45) is 2.59. The van der Waals surface area contributed by atoms with Crippen LogP contribution in [0.3, 0.4) is 0 Å². The van der Waals surface area contributed by atoms with Crippen LogP contribution in [-0.2, 0) is 19.0 Å². The Morgan fingerprint density at radius 2 is 2.00 bits per heavy atom. The molecule has 1 rings (SSSR count). The van der Waals surface area contributed by atoms with Crippen molar-refractivity contribution in [3.8, 4) is 0 Å². The number of rotatable bonds is 2. The molecular weight excluding hydrogens is 270 g/mol. The van der Waals surface area contributed by atoms with E-state index in [1.54, 1.807) is 26.8 Å². The second-order valence-electron chi connectivity index (χ2n) is 5.76. The third-order valence-corrected chi connectivity index (χ3v) is 2.78. The van der Waals surface area contributed by atoms with Crippen LogP contribution in [0.5, 0.6) is 0 Å². The molecule has 7 heteroatoms. The summed E-state index contributed by atoms with van der Waals surface area (Å²) in [6.45, 7) is 7.58. The number of amides is 1. The predicted octanol–water partition coefficient (Wildman–Crippen LogP) is 2.08. The van der Waals surface area contributed by atoms with Gasteiger partial charge in [0.15, 0.2) is 0 Å². The van der Waals surface area contributed by atoms with Crippen molar-refractivity contribution in [2.75, 3.05) is 12.8 Å². The van der Waals surface area contributed by atoms with Gasteiger partial charge >= 0.3 is 16.2 Å². The van der Waals surface area contributed by atoms with Crippen molar-refractivity contribution in [1.82, 2.24) is 4.90 Å². The number of carbonyl (C=O) groups is 1. The van der Waals surface area contributed by atoms with Gasteiger partial charge in [-0.25, -0.2) is 9.69 Å². The average Bonchev–Trinajstić information content (AvgIpc) is 2.16. The molecule has 0 spiro atoms. The van der Waals surface area contributed by atoms with E-state index < -0.39 is 21.8 Å². The van der Waals surface area contributed by atoms with E-state index in [1.807, 2.05) is 6.92 Å². The average molecular weight is 291 g/mol. The number of nitrogens with zero attached hydrogens (tertiary/aromatic N) is 1. The summed E-state index contributed by atoms with van der Waals surface area (Å²) in [5.74, 6) is 0.245.